The number of fused-ring (bicyclic) bond motifs is 1. The van der Waals surface area contributed by atoms with Crippen molar-refractivity contribution in [1.29, 1.82) is 0 Å². The maximum Gasteiger partial charge on any atom is 0.338 e. The summed E-state index contributed by atoms with van der Waals surface area (Å²) >= 11 is 0. The lowest BCUT2D eigenvalue weighted by Gasteiger charge is -2.64. The summed E-state index contributed by atoms with van der Waals surface area (Å²) in [7, 11) is 0. The molecule has 0 aromatic heterocycles. The summed E-state index contributed by atoms with van der Waals surface area (Å²) < 4.78 is 24.1. The molecule has 1 aromatic rings. The molecular weight excluding hydrogens is 456 g/mol. The van der Waals surface area contributed by atoms with Crippen LogP contribution in [0, 0.1) is 11.3 Å². The monoisotopic (exact) mass is 490 g/mol. The van der Waals surface area contributed by atoms with Gasteiger partial charge in [0.15, 0.2) is 6.10 Å². The Morgan fingerprint density at radius 3 is 2.14 bits per heavy atom. The fraction of sp³-hybridized carbons (Fsp3) is 0.654. The first kappa shape index (κ1) is 25.6. The maximum atomic E-state index is 13.3. The van der Waals surface area contributed by atoms with Gasteiger partial charge < -0.3 is 29.2 Å². The van der Waals surface area contributed by atoms with Crippen molar-refractivity contribution in [2.45, 2.75) is 95.6 Å². The number of hydrogen-bond acceptors (Lipinski definition) is 9. The number of benzene rings is 1. The predicted molar refractivity (Wildman–Crippen MR) is 122 cm³/mol. The lowest BCUT2D eigenvalue weighted by Crippen LogP contribution is -2.81. The molecule has 2 bridgehead atoms. The molecule has 2 aliphatic carbocycles. The number of ether oxygens (including phenoxy) is 4. The highest BCUT2D eigenvalue weighted by atomic mass is 16.6. The average Bonchev–Trinajstić information content (AvgIpc) is 2.94. The van der Waals surface area contributed by atoms with Gasteiger partial charge in [-0.15, -0.1) is 0 Å². The molecule has 8 atom stereocenters. The van der Waals surface area contributed by atoms with Gasteiger partial charge in [-0.2, -0.15) is 0 Å². The van der Waals surface area contributed by atoms with Crippen molar-refractivity contribution in [2.75, 3.05) is 0 Å². The summed E-state index contributed by atoms with van der Waals surface area (Å²) in [5.41, 5.74) is -5.56. The Labute approximate surface area is 204 Å². The molecule has 1 spiro atoms. The number of carbonyl (C=O) groups is 3. The van der Waals surface area contributed by atoms with Crippen LogP contribution >= 0.6 is 0 Å². The molecule has 2 N–H and O–H groups in total. The smallest absolute Gasteiger partial charge is 0.338 e. The third-order valence-electron chi connectivity index (χ3n) is 8.24. The maximum absolute atomic E-state index is 13.3. The molecular formula is C26H34O9. The van der Waals surface area contributed by atoms with Gasteiger partial charge in [-0.1, -0.05) is 18.2 Å². The Morgan fingerprint density at radius 2 is 1.57 bits per heavy atom. The standard InChI is InChI=1S/C26H34O9/c1-14(27)32-17-12-13-24(5,31)26-20(29)18(23(3,4)35-26)19(33-15(2)28)21(25(17,26)6)34-22(30)16-10-8-7-9-11-16/h7-11,17-21,29,31H,12-13H2,1-6H3. The number of hydrogen-bond donors (Lipinski definition) is 2. The van der Waals surface area contributed by atoms with Crippen LogP contribution < -0.4 is 0 Å². The Kier molecular flexibility index (Phi) is 6.06. The lowest BCUT2D eigenvalue weighted by molar-refractivity contribution is -0.335. The molecule has 3 fully saturated rings. The summed E-state index contributed by atoms with van der Waals surface area (Å²) in [6.07, 6.45) is -4.16. The average molecular weight is 491 g/mol. The van der Waals surface area contributed by atoms with E-state index in [0.29, 0.717) is 0 Å². The van der Waals surface area contributed by atoms with Gasteiger partial charge in [0, 0.05) is 13.8 Å². The summed E-state index contributed by atoms with van der Waals surface area (Å²) in [5.74, 6) is -2.72. The minimum absolute atomic E-state index is 0.165. The van der Waals surface area contributed by atoms with Crippen LogP contribution in [0.25, 0.3) is 0 Å². The second kappa shape index (κ2) is 8.28. The molecule has 2 saturated carbocycles. The second-order valence-electron chi connectivity index (χ2n) is 10.9. The van der Waals surface area contributed by atoms with Crippen molar-refractivity contribution in [3.05, 3.63) is 35.9 Å². The van der Waals surface area contributed by atoms with E-state index in [9.17, 15) is 24.6 Å². The Balaban J connectivity index is 1.95. The molecule has 9 nitrogen and oxygen atoms in total. The van der Waals surface area contributed by atoms with E-state index < -0.39 is 70.5 Å². The highest BCUT2D eigenvalue weighted by Crippen LogP contribution is 2.68. The van der Waals surface area contributed by atoms with E-state index in [4.69, 9.17) is 18.9 Å². The molecule has 8 unspecified atom stereocenters. The fourth-order valence-corrected chi connectivity index (χ4v) is 6.91. The highest BCUT2D eigenvalue weighted by molar-refractivity contribution is 5.89. The molecule has 3 aliphatic rings. The minimum atomic E-state index is -1.69. The van der Waals surface area contributed by atoms with E-state index in [0.717, 1.165) is 0 Å². The third-order valence-corrected chi connectivity index (χ3v) is 8.24. The zero-order chi connectivity index (χ0) is 26.0. The van der Waals surface area contributed by atoms with Gasteiger partial charge in [0.25, 0.3) is 0 Å². The second-order valence-corrected chi connectivity index (χ2v) is 10.9. The van der Waals surface area contributed by atoms with Crippen LogP contribution in [-0.4, -0.2) is 69.3 Å². The van der Waals surface area contributed by atoms with Crippen LogP contribution in [-0.2, 0) is 28.5 Å². The van der Waals surface area contributed by atoms with Crippen LogP contribution in [0.2, 0.25) is 0 Å². The molecule has 35 heavy (non-hydrogen) atoms. The molecule has 1 aliphatic heterocycles. The number of esters is 3. The van der Waals surface area contributed by atoms with Crippen molar-refractivity contribution >= 4 is 17.9 Å². The third kappa shape index (κ3) is 3.58. The van der Waals surface area contributed by atoms with Crippen LogP contribution in [0.5, 0.6) is 0 Å². The van der Waals surface area contributed by atoms with Gasteiger partial charge in [0.05, 0.1) is 34.2 Å². The van der Waals surface area contributed by atoms with Crippen LogP contribution in [0.1, 0.15) is 64.7 Å². The fourth-order valence-electron chi connectivity index (χ4n) is 6.91. The topological polar surface area (TPSA) is 129 Å². The molecule has 4 rings (SSSR count). The summed E-state index contributed by atoms with van der Waals surface area (Å²) in [6.45, 7) is 9.20. The molecule has 9 heteroatoms. The van der Waals surface area contributed by atoms with E-state index in [1.165, 1.54) is 13.8 Å². The summed E-state index contributed by atoms with van der Waals surface area (Å²) in [4.78, 5) is 37.7. The largest absolute Gasteiger partial charge is 0.462 e. The SMILES string of the molecule is CC(=O)OC1C2C(O)C3(OC2(C)C)C(C)(O)CCC(OC(C)=O)C3(C)C1OC(=O)c1ccccc1. The minimum Gasteiger partial charge on any atom is -0.462 e. The number of rotatable bonds is 4. The zero-order valence-corrected chi connectivity index (χ0v) is 20.9. The first-order valence-electron chi connectivity index (χ1n) is 11.9. The first-order chi connectivity index (χ1) is 16.2. The zero-order valence-electron chi connectivity index (χ0n) is 20.9. The molecule has 1 aromatic carbocycles. The van der Waals surface area contributed by atoms with Gasteiger partial charge in [0.2, 0.25) is 0 Å². The molecule has 1 heterocycles. The number of aliphatic hydroxyl groups is 2. The van der Waals surface area contributed by atoms with Crippen molar-refractivity contribution in [3.8, 4) is 0 Å². The van der Waals surface area contributed by atoms with E-state index in [1.54, 1.807) is 58.0 Å². The summed E-state index contributed by atoms with van der Waals surface area (Å²) in [5, 5.41) is 23.5. The van der Waals surface area contributed by atoms with Gasteiger partial charge in [-0.3, -0.25) is 9.59 Å². The van der Waals surface area contributed by atoms with Gasteiger partial charge in [0.1, 0.15) is 17.8 Å². The van der Waals surface area contributed by atoms with Crippen molar-refractivity contribution < 1.29 is 43.5 Å². The molecule has 0 radical (unpaired) electrons. The van der Waals surface area contributed by atoms with E-state index in [1.807, 2.05) is 0 Å². The molecule has 1 saturated heterocycles. The van der Waals surface area contributed by atoms with Crippen molar-refractivity contribution in [2.24, 2.45) is 11.3 Å². The van der Waals surface area contributed by atoms with Crippen molar-refractivity contribution in [1.82, 2.24) is 0 Å². The van der Waals surface area contributed by atoms with E-state index in [2.05, 4.69) is 0 Å². The molecule has 0 amide bonds. The molecule has 192 valence electrons. The lowest BCUT2D eigenvalue weighted by atomic mass is 9.47. The van der Waals surface area contributed by atoms with Gasteiger partial charge >= 0.3 is 17.9 Å². The van der Waals surface area contributed by atoms with E-state index in [-0.39, 0.29) is 18.4 Å². The Morgan fingerprint density at radius 1 is 0.971 bits per heavy atom. The normalized spacial score (nSPS) is 41.4. The quantitative estimate of drug-likeness (QED) is 0.482. The Bertz CT molecular complexity index is 1020. The van der Waals surface area contributed by atoms with Crippen LogP contribution in [0.4, 0.5) is 0 Å². The van der Waals surface area contributed by atoms with Gasteiger partial charge in [-0.25, -0.2) is 4.79 Å². The van der Waals surface area contributed by atoms with Crippen molar-refractivity contribution in [3.63, 3.8) is 0 Å². The number of aliphatic hydroxyl groups excluding tert-OH is 1. The van der Waals surface area contributed by atoms with Gasteiger partial charge in [-0.05, 0) is 52.7 Å². The summed E-state index contributed by atoms with van der Waals surface area (Å²) in [6, 6.07) is 8.33. The predicted octanol–water partition coefficient (Wildman–Crippen LogP) is 2.16. The van der Waals surface area contributed by atoms with Crippen LogP contribution in [0.3, 0.4) is 0 Å². The van der Waals surface area contributed by atoms with Crippen LogP contribution in [0.15, 0.2) is 30.3 Å². The number of carbonyl (C=O) groups excluding carboxylic acids is 3. The first-order valence-corrected chi connectivity index (χ1v) is 11.9. The Hall–Kier alpha value is -2.49. The highest BCUT2D eigenvalue weighted by Gasteiger charge is 2.84. The van der Waals surface area contributed by atoms with E-state index >= 15 is 0 Å².